The second kappa shape index (κ2) is 7.41. The number of ether oxygens (including phenoxy) is 2. The highest BCUT2D eigenvalue weighted by Crippen LogP contribution is 2.39. The lowest BCUT2D eigenvalue weighted by atomic mass is 9.90. The number of nitrogens with one attached hydrogen (secondary N) is 1. The van der Waals surface area contributed by atoms with Crippen molar-refractivity contribution in [3.8, 4) is 11.5 Å². The third-order valence-electron chi connectivity index (χ3n) is 4.42. The second-order valence-corrected chi connectivity index (χ2v) is 7.08. The van der Waals surface area contributed by atoms with Gasteiger partial charge in [-0.15, -0.1) is 0 Å². The van der Waals surface area contributed by atoms with Crippen molar-refractivity contribution in [1.29, 1.82) is 0 Å². The van der Waals surface area contributed by atoms with Crippen LogP contribution in [0, 0.1) is 0 Å². The average molecular weight is 307 g/mol. The molecule has 2 saturated heterocycles. The number of hydrogen-bond acceptors (Lipinski definition) is 4. The lowest BCUT2D eigenvalue weighted by Crippen LogP contribution is -2.29. The highest BCUT2D eigenvalue weighted by molar-refractivity contribution is 7.99. The molecule has 1 unspecified atom stereocenters. The number of piperidine rings is 1. The maximum Gasteiger partial charge on any atom is 0.165 e. The van der Waals surface area contributed by atoms with Gasteiger partial charge >= 0.3 is 0 Å². The molecule has 2 fully saturated rings. The topological polar surface area (TPSA) is 30.5 Å². The fraction of sp³-hybridized carbons (Fsp3) is 0.647. The number of benzene rings is 1. The highest BCUT2D eigenvalue weighted by atomic mass is 32.2. The Hall–Kier alpha value is -0.870. The Bertz CT molecular complexity index is 454. The quantitative estimate of drug-likeness (QED) is 0.923. The van der Waals surface area contributed by atoms with Crippen molar-refractivity contribution in [2.75, 3.05) is 31.7 Å². The van der Waals surface area contributed by atoms with Crippen LogP contribution in [-0.2, 0) is 0 Å². The molecule has 0 aromatic heterocycles. The van der Waals surface area contributed by atoms with Crippen LogP contribution < -0.4 is 14.8 Å². The molecular formula is C17H25NO2S. The van der Waals surface area contributed by atoms with E-state index in [9.17, 15) is 0 Å². The van der Waals surface area contributed by atoms with Gasteiger partial charge in [-0.1, -0.05) is 12.1 Å². The predicted molar refractivity (Wildman–Crippen MR) is 88.8 cm³/mol. The van der Waals surface area contributed by atoms with Crippen LogP contribution >= 0.6 is 11.8 Å². The van der Waals surface area contributed by atoms with Gasteiger partial charge in [0.25, 0.3) is 0 Å². The van der Waals surface area contributed by atoms with Gasteiger partial charge in [-0.3, -0.25) is 0 Å². The van der Waals surface area contributed by atoms with Gasteiger partial charge in [0, 0.05) is 18.0 Å². The SMILES string of the molecule is COc1cccc(C2CCCNC2)c1OC1CCSCC1. The lowest BCUT2D eigenvalue weighted by Gasteiger charge is -2.29. The van der Waals surface area contributed by atoms with E-state index in [1.165, 1.54) is 29.9 Å². The van der Waals surface area contributed by atoms with Crippen LogP contribution in [0.2, 0.25) is 0 Å². The van der Waals surface area contributed by atoms with Crippen LogP contribution in [0.5, 0.6) is 11.5 Å². The molecule has 2 aliphatic heterocycles. The second-order valence-electron chi connectivity index (χ2n) is 5.85. The van der Waals surface area contributed by atoms with Gasteiger partial charge in [0.1, 0.15) is 6.10 Å². The molecule has 1 atom stereocenters. The maximum atomic E-state index is 6.40. The first-order valence-corrected chi connectivity index (χ1v) is 9.16. The molecule has 21 heavy (non-hydrogen) atoms. The van der Waals surface area contributed by atoms with Gasteiger partial charge < -0.3 is 14.8 Å². The Morgan fingerprint density at radius 2 is 2.05 bits per heavy atom. The standard InChI is InChI=1S/C17H25NO2S/c1-19-16-6-2-5-15(13-4-3-9-18-12-13)17(16)20-14-7-10-21-11-8-14/h2,5-6,13-14,18H,3-4,7-12H2,1H3. The fourth-order valence-electron chi connectivity index (χ4n) is 3.22. The molecule has 1 aromatic rings. The Morgan fingerprint density at radius 1 is 1.19 bits per heavy atom. The summed E-state index contributed by atoms with van der Waals surface area (Å²) in [5, 5.41) is 3.50. The van der Waals surface area contributed by atoms with Crippen LogP contribution in [0.4, 0.5) is 0 Å². The predicted octanol–water partition coefficient (Wildman–Crippen LogP) is 3.44. The normalized spacial score (nSPS) is 23.8. The molecule has 0 aliphatic carbocycles. The largest absolute Gasteiger partial charge is 0.493 e. The molecule has 4 heteroatoms. The summed E-state index contributed by atoms with van der Waals surface area (Å²) in [6.45, 7) is 2.18. The molecule has 1 aromatic carbocycles. The molecule has 3 nitrogen and oxygen atoms in total. The summed E-state index contributed by atoms with van der Waals surface area (Å²) in [5.41, 5.74) is 1.32. The van der Waals surface area contributed by atoms with Gasteiger partial charge in [0.05, 0.1) is 7.11 Å². The Balaban J connectivity index is 1.83. The van der Waals surface area contributed by atoms with Crippen LogP contribution in [0.25, 0.3) is 0 Å². The van der Waals surface area contributed by atoms with Crippen molar-refractivity contribution in [3.63, 3.8) is 0 Å². The third-order valence-corrected chi connectivity index (χ3v) is 5.47. The van der Waals surface area contributed by atoms with Crippen LogP contribution in [-0.4, -0.2) is 37.8 Å². The van der Waals surface area contributed by atoms with E-state index in [1.54, 1.807) is 7.11 Å². The molecule has 0 radical (unpaired) electrons. The van der Waals surface area contributed by atoms with E-state index in [0.717, 1.165) is 37.4 Å². The van der Waals surface area contributed by atoms with E-state index in [4.69, 9.17) is 9.47 Å². The number of para-hydroxylation sites is 1. The van der Waals surface area contributed by atoms with Crippen LogP contribution in [0.1, 0.15) is 37.2 Å². The molecule has 3 rings (SSSR count). The molecule has 1 N–H and O–H groups in total. The molecule has 0 bridgehead atoms. The summed E-state index contributed by atoms with van der Waals surface area (Å²) in [5.74, 6) is 4.84. The van der Waals surface area contributed by atoms with E-state index >= 15 is 0 Å². The van der Waals surface area contributed by atoms with Gasteiger partial charge in [0.2, 0.25) is 0 Å². The molecule has 116 valence electrons. The fourth-order valence-corrected chi connectivity index (χ4v) is 4.28. The summed E-state index contributed by atoms with van der Waals surface area (Å²) in [4.78, 5) is 0. The zero-order valence-corrected chi connectivity index (χ0v) is 13.6. The summed E-state index contributed by atoms with van der Waals surface area (Å²) >= 11 is 2.03. The van der Waals surface area contributed by atoms with Crippen molar-refractivity contribution in [3.05, 3.63) is 23.8 Å². The molecule has 0 amide bonds. The Labute approximate surface area is 131 Å². The number of thioether (sulfide) groups is 1. The van der Waals surface area contributed by atoms with Crippen molar-refractivity contribution in [1.82, 2.24) is 5.32 Å². The van der Waals surface area contributed by atoms with Crippen molar-refractivity contribution < 1.29 is 9.47 Å². The minimum atomic E-state index is 0.345. The summed E-state index contributed by atoms with van der Waals surface area (Å²) < 4.78 is 12.0. The number of methoxy groups -OCH3 is 1. The van der Waals surface area contributed by atoms with Crippen molar-refractivity contribution in [2.45, 2.75) is 37.7 Å². The van der Waals surface area contributed by atoms with E-state index in [0.29, 0.717) is 12.0 Å². The zero-order chi connectivity index (χ0) is 14.5. The molecule has 2 heterocycles. The Kier molecular flexibility index (Phi) is 5.31. The van der Waals surface area contributed by atoms with E-state index in [1.807, 2.05) is 17.8 Å². The minimum absolute atomic E-state index is 0.345. The minimum Gasteiger partial charge on any atom is -0.493 e. The van der Waals surface area contributed by atoms with E-state index in [2.05, 4.69) is 17.4 Å². The van der Waals surface area contributed by atoms with Crippen molar-refractivity contribution >= 4 is 11.8 Å². The number of hydrogen-bond donors (Lipinski definition) is 1. The van der Waals surface area contributed by atoms with Gasteiger partial charge in [-0.05, 0) is 49.8 Å². The molecule has 0 saturated carbocycles. The van der Waals surface area contributed by atoms with Crippen molar-refractivity contribution in [2.24, 2.45) is 0 Å². The lowest BCUT2D eigenvalue weighted by molar-refractivity contribution is 0.181. The molecular weight excluding hydrogens is 282 g/mol. The average Bonchev–Trinajstić information content (AvgIpc) is 2.57. The van der Waals surface area contributed by atoms with E-state index < -0.39 is 0 Å². The molecule has 0 spiro atoms. The van der Waals surface area contributed by atoms with Gasteiger partial charge in [-0.2, -0.15) is 11.8 Å². The Morgan fingerprint density at radius 3 is 2.76 bits per heavy atom. The highest BCUT2D eigenvalue weighted by Gasteiger charge is 2.24. The first-order chi connectivity index (χ1) is 10.4. The van der Waals surface area contributed by atoms with Crippen LogP contribution in [0.15, 0.2) is 18.2 Å². The van der Waals surface area contributed by atoms with Crippen LogP contribution in [0.3, 0.4) is 0 Å². The third kappa shape index (κ3) is 3.67. The number of rotatable bonds is 4. The monoisotopic (exact) mass is 307 g/mol. The first kappa shape index (κ1) is 15.0. The first-order valence-electron chi connectivity index (χ1n) is 8.00. The smallest absolute Gasteiger partial charge is 0.165 e. The van der Waals surface area contributed by atoms with E-state index in [-0.39, 0.29) is 0 Å². The summed E-state index contributed by atoms with van der Waals surface area (Å²) in [6, 6.07) is 6.33. The molecule has 2 aliphatic rings. The zero-order valence-electron chi connectivity index (χ0n) is 12.8. The van der Waals surface area contributed by atoms with Gasteiger partial charge in [-0.25, -0.2) is 0 Å². The maximum absolute atomic E-state index is 6.40. The summed E-state index contributed by atoms with van der Waals surface area (Å²) in [6.07, 6.45) is 5.10. The summed E-state index contributed by atoms with van der Waals surface area (Å²) in [7, 11) is 1.74. The van der Waals surface area contributed by atoms with Gasteiger partial charge in [0.15, 0.2) is 11.5 Å².